The molecule has 196 valence electrons. The SMILES string of the molecule is CC(C)C[C@H](NC(=O)[C@@H](C)Oc1ccc(Cl)cc1Cl)C(=O)N/N=C\c1ccc(-c2ccc(Cl)cc2Cl)o1. The zero-order valence-electron chi connectivity index (χ0n) is 20.2. The summed E-state index contributed by atoms with van der Waals surface area (Å²) in [6.07, 6.45) is 0.834. The van der Waals surface area contributed by atoms with Gasteiger partial charge in [0.1, 0.15) is 23.3 Å². The van der Waals surface area contributed by atoms with Gasteiger partial charge in [0.05, 0.1) is 16.3 Å². The molecule has 11 heteroatoms. The average molecular weight is 585 g/mol. The third kappa shape index (κ3) is 8.40. The Balaban J connectivity index is 1.61. The molecule has 3 aromatic rings. The molecule has 2 aromatic carbocycles. The van der Waals surface area contributed by atoms with Crippen LogP contribution >= 0.6 is 46.4 Å². The van der Waals surface area contributed by atoms with Crippen LogP contribution in [0.1, 0.15) is 33.0 Å². The molecule has 1 heterocycles. The summed E-state index contributed by atoms with van der Waals surface area (Å²) >= 11 is 24.2. The summed E-state index contributed by atoms with van der Waals surface area (Å²) in [5, 5.41) is 8.37. The first-order chi connectivity index (χ1) is 17.5. The molecule has 0 spiro atoms. The van der Waals surface area contributed by atoms with Crippen LogP contribution in [-0.2, 0) is 9.59 Å². The molecule has 7 nitrogen and oxygen atoms in total. The van der Waals surface area contributed by atoms with Gasteiger partial charge in [-0.25, -0.2) is 5.43 Å². The van der Waals surface area contributed by atoms with Gasteiger partial charge in [-0.3, -0.25) is 9.59 Å². The Morgan fingerprint density at radius 2 is 1.62 bits per heavy atom. The monoisotopic (exact) mass is 583 g/mol. The highest BCUT2D eigenvalue weighted by atomic mass is 35.5. The molecule has 1 aromatic heterocycles. The van der Waals surface area contributed by atoms with Crippen molar-refractivity contribution in [3.05, 3.63) is 74.4 Å². The summed E-state index contributed by atoms with van der Waals surface area (Å²) < 4.78 is 11.4. The van der Waals surface area contributed by atoms with Gasteiger partial charge in [0.2, 0.25) is 0 Å². The van der Waals surface area contributed by atoms with Crippen LogP contribution in [0.4, 0.5) is 0 Å². The van der Waals surface area contributed by atoms with Gasteiger partial charge in [-0.1, -0.05) is 60.3 Å². The van der Waals surface area contributed by atoms with Gasteiger partial charge < -0.3 is 14.5 Å². The van der Waals surface area contributed by atoms with E-state index < -0.39 is 24.0 Å². The van der Waals surface area contributed by atoms with E-state index in [2.05, 4.69) is 15.8 Å². The molecule has 2 amide bonds. The molecule has 0 saturated carbocycles. The van der Waals surface area contributed by atoms with Gasteiger partial charge in [-0.15, -0.1) is 0 Å². The van der Waals surface area contributed by atoms with Crippen LogP contribution in [0.3, 0.4) is 0 Å². The maximum atomic E-state index is 12.8. The molecule has 0 radical (unpaired) electrons. The van der Waals surface area contributed by atoms with Crippen molar-refractivity contribution in [2.75, 3.05) is 0 Å². The van der Waals surface area contributed by atoms with E-state index in [1.807, 2.05) is 13.8 Å². The van der Waals surface area contributed by atoms with E-state index in [9.17, 15) is 9.59 Å². The Hall–Kier alpha value is -2.71. The predicted octanol–water partition coefficient (Wildman–Crippen LogP) is 7.01. The van der Waals surface area contributed by atoms with Gasteiger partial charge in [-0.05, 0) is 67.8 Å². The summed E-state index contributed by atoms with van der Waals surface area (Å²) in [6, 6.07) is 12.3. The molecule has 0 aliphatic rings. The summed E-state index contributed by atoms with van der Waals surface area (Å²) in [6.45, 7) is 5.44. The summed E-state index contributed by atoms with van der Waals surface area (Å²) in [7, 11) is 0. The van der Waals surface area contributed by atoms with Crippen molar-refractivity contribution < 1.29 is 18.7 Å². The van der Waals surface area contributed by atoms with Crippen LogP contribution in [0.15, 0.2) is 58.0 Å². The second-order valence-corrected chi connectivity index (χ2v) is 10.3. The quantitative estimate of drug-likeness (QED) is 0.198. The number of halogens is 4. The van der Waals surface area contributed by atoms with Crippen molar-refractivity contribution in [1.29, 1.82) is 0 Å². The average Bonchev–Trinajstić information content (AvgIpc) is 3.28. The number of hydrogen-bond donors (Lipinski definition) is 2. The molecule has 3 rings (SSSR count). The third-order valence-electron chi connectivity index (χ3n) is 5.10. The maximum Gasteiger partial charge on any atom is 0.262 e. The van der Waals surface area contributed by atoms with Crippen LogP contribution < -0.4 is 15.5 Å². The van der Waals surface area contributed by atoms with Crippen molar-refractivity contribution in [3.63, 3.8) is 0 Å². The topological polar surface area (TPSA) is 92.9 Å². The van der Waals surface area contributed by atoms with Crippen molar-refractivity contribution >= 4 is 64.4 Å². The van der Waals surface area contributed by atoms with E-state index >= 15 is 0 Å². The number of benzene rings is 2. The fraction of sp³-hybridized carbons (Fsp3) is 0.269. The number of hydrazone groups is 1. The number of amides is 2. The molecule has 0 aliphatic heterocycles. The smallest absolute Gasteiger partial charge is 0.262 e. The number of rotatable bonds is 10. The van der Waals surface area contributed by atoms with E-state index in [4.69, 9.17) is 55.6 Å². The van der Waals surface area contributed by atoms with E-state index in [-0.39, 0.29) is 10.9 Å². The second-order valence-electron chi connectivity index (χ2n) is 8.59. The molecule has 2 atom stereocenters. The van der Waals surface area contributed by atoms with Crippen molar-refractivity contribution in [1.82, 2.24) is 10.7 Å². The molecule has 0 bridgehead atoms. The Bertz CT molecular complexity index is 1290. The summed E-state index contributed by atoms with van der Waals surface area (Å²) in [5.41, 5.74) is 3.12. The number of nitrogens with one attached hydrogen (secondary N) is 2. The van der Waals surface area contributed by atoms with Crippen LogP contribution in [0.25, 0.3) is 11.3 Å². The second kappa shape index (κ2) is 13.2. The fourth-order valence-electron chi connectivity index (χ4n) is 3.30. The van der Waals surface area contributed by atoms with Crippen LogP contribution in [0.5, 0.6) is 5.75 Å². The summed E-state index contributed by atoms with van der Waals surface area (Å²) in [4.78, 5) is 25.5. The largest absolute Gasteiger partial charge is 0.479 e. The van der Waals surface area contributed by atoms with E-state index in [1.165, 1.54) is 12.3 Å². The van der Waals surface area contributed by atoms with E-state index in [1.54, 1.807) is 49.4 Å². The number of ether oxygens (including phenoxy) is 1. The van der Waals surface area contributed by atoms with Gasteiger partial charge in [0.15, 0.2) is 6.10 Å². The zero-order valence-corrected chi connectivity index (χ0v) is 23.3. The minimum Gasteiger partial charge on any atom is -0.479 e. The standard InChI is InChI=1S/C26H25Cl4N3O4/c1-14(2)10-22(32-25(34)15(3)36-24-8-5-17(28)12-21(24)30)26(35)33-31-13-18-6-9-23(37-18)19-7-4-16(27)11-20(19)29/h4-9,11-15,22H,10H2,1-3H3,(H,32,34)(H,33,35)/b31-13-/t15-,22+/m1/s1. The van der Waals surface area contributed by atoms with Crippen LogP contribution in [0.2, 0.25) is 20.1 Å². The molecular formula is C26H25Cl4N3O4. The number of carbonyl (C=O) groups excluding carboxylic acids is 2. The molecule has 0 aliphatic carbocycles. The van der Waals surface area contributed by atoms with Crippen LogP contribution in [-0.4, -0.2) is 30.2 Å². The molecule has 0 unspecified atom stereocenters. The molecule has 2 N–H and O–H groups in total. The Morgan fingerprint density at radius 1 is 0.946 bits per heavy atom. The zero-order chi connectivity index (χ0) is 27.1. The first-order valence-electron chi connectivity index (χ1n) is 11.3. The highest BCUT2D eigenvalue weighted by Crippen LogP contribution is 2.31. The number of carbonyl (C=O) groups is 2. The molecular weight excluding hydrogens is 560 g/mol. The molecule has 0 fully saturated rings. The minimum absolute atomic E-state index is 0.124. The first-order valence-corrected chi connectivity index (χ1v) is 12.8. The lowest BCUT2D eigenvalue weighted by atomic mass is 10.0. The number of hydrogen-bond acceptors (Lipinski definition) is 5. The Morgan fingerprint density at radius 3 is 2.27 bits per heavy atom. The summed E-state index contributed by atoms with van der Waals surface area (Å²) in [5.74, 6) is 0.385. The minimum atomic E-state index is -0.911. The van der Waals surface area contributed by atoms with Crippen molar-refractivity contribution in [2.24, 2.45) is 11.0 Å². The Kier molecular flexibility index (Phi) is 10.3. The normalized spacial score (nSPS) is 13.0. The fourth-order valence-corrected chi connectivity index (χ4v) is 4.26. The third-order valence-corrected chi connectivity index (χ3v) is 6.18. The van der Waals surface area contributed by atoms with Gasteiger partial charge in [-0.2, -0.15) is 5.10 Å². The lowest BCUT2D eigenvalue weighted by molar-refractivity contribution is -0.132. The lowest BCUT2D eigenvalue weighted by Crippen LogP contribution is -2.49. The first kappa shape index (κ1) is 28.9. The van der Waals surface area contributed by atoms with Crippen molar-refractivity contribution in [3.8, 4) is 17.1 Å². The van der Waals surface area contributed by atoms with E-state index in [0.717, 1.165) is 0 Å². The highest BCUT2D eigenvalue weighted by molar-refractivity contribution is 6.36. The number of nitrogens with zero attached hydrogens (tertiary/aromatic N) is 1. The predicted molar refractivity (Wildman–Crippen MR) is 148 cm³/mol. The van der Waals surface area contributed by atoms with Gasteiger partial charge in [0, 0.05) is 15.6 Å². The van der Waals surface area contributed by atoms with Crippen molar-refractivity contribution in [2.45, 2.75) is 39.3 Å². The number of furan rings is 1. The Labute approximate surface area is 235 Å². The lowest BCUT2D eigenvalue weighted by Gasteiger charge is -2.22. The van der Waals surface area contributed by atoms with E-state index in [0.29, 0.717) is 44.3 Å². The molecule has 37 heavy (non-hydrogen) atoms. The van der Waals surface area contributed by atoms with Gasteiger partial charge >= 0.3 is 0 Å². The maximum absolute atomic E-state index is 12.8. The van der Waals surface area contributed by atoms with Crippen LogP contribution in [0, 0.1) is 5.92 Å². The molecule has 0 saturated heterocycles. The highest BCUT2D eigenvalue weighted by Gasteiger charge is 2.25. The van der Waals surface area contributed by atoms with Gasteiger partial charge in [0.25, 0.3) is 11.8 Å².